The maximum atomic E-state index is 9.30. The molecule has 2 rings (SSSR count). The Balaban J connectivity index is 1.88. The monoisotopic (exact) mass is 177 g/mol. The van der Waals surface area contributed by atoms with E-state index in [4.69, 9.17) is 0 Å². The topological polar surface area (TPSA) is 23.2 Å². The summed E-state index contributed by atoms with van der Waals surface area (Å²) in [4.78, 5) is 2.28. The van der Waals surface area contributed by atoms with Gasteiger partial charge in [0.2, 0.25) is 0 Å². The van der Waals surface area contributed by atoms with E-state index in [1.807, 2.05) is 13.0 Å². The Bertz CT molecular complexity index is 271. The number of nitrogens with zero attached hydrogens (tertiary/aromatic N) is 1. The number of rotatable bonds is 3. The fraction of sp³-hybridized carbons (Fsp3) is 0.455. The van der Waals surface area contributed by atoms with Crippen LogP contribution in [-0.2, 0) is 6.54 Å². The normalized spacial score (nSPS) is 28.5. The highest BCUT2D eigenvalue weighted by Gasteiger charge is 2.37. The van der Waals surface area contributed by atoms with Gasteiger partial charge < -0.3 is 5.11 Å². The van der Waals surface area contributed by atoms with E-state index in [9.17, 15) is 5.11 Å². The van der Waals surface area contributed by atoms with Gasteiger partial charge >= 0.3 is 0 Å². The molecular formula is C11H15NO. The lowest BCUT2D eigenvalue weighted by molar-refractivity contribution is 0.173. The first-order valence-corrected chi connectivity index (χ1v) is 4.73. The van der Waals surface area contributed by atoms with Crippen LogP contribution in [0.3, 0.4) is 0 Å². The standard InChI is InChI=1S/C11H15NO/c1-9(13)11-8-12(11)7-10-5-3-2-4-6-10/h2-6,9,11,13H,7-8H2,1H3/t9-,11+,12?/m1/s1. The minimum Gasteiger partial charge on any atom is -0.392 e. The molecule has 1 aromatic rings. The predicted molar refractivity (Wildman–Crippen MR) is 52.3 cm³/mol. The van der Waals surface area contributed by atoms with Gasteiger partial charge in [0.1, 0.15) is 0 Å². The summed E-state index contributed by atoms with van der Waals surface area (Å²) < 4.78 is 0. The van der Waals surface area contributed by atoms with Gasteiger partial charge in [0.15, 0.2) is 0 Å². The minimum atomic E-state index is -0.191. The number of hydrogen-bond acceptors (Lipinski definition) is 2. The van der Waals surface area contributed by atoms with Gasteiger partial charge in [0, 0.05) is 19.1 Å². The van der Waals surface area contributed by atoms with E-state index in [1.54, 1.807) is 0 Å². The zero-order valence-electron chi connectivity index (χ0n) is 7.85. The van der Waals surface area contributed by atoms with E-state index in [2.05, 4.69) is 29.2 Å². The quantitative estimate of drug-likeness (QED) is 0.702. The molecule has 2 heteroatoms. The molecule has 1 unspecified atom stereocenters. The van der Waals surface area contributed by atoms with E-state index in [0.717, 1.165) is 13.1 Å². The highest BCUT2D eigenvalue weighted by atomic mass is 16.3. The molecule has 0 bridgehead atoms. The Hall–Kier alpha value is -0.860. The van der Waals surface area contributed by atoms with Crippen LogP contribution in [0.2, 0.25) is 0 Å². The van der Waals surface area contributed by atoms with Gasteiger partial charge in [0.05, 0.1) is 6.10 Å². The summed E-state index contributed by atoms with van der Waals surface area (Å²) in [6, 6.07) is 10.8. The van der Waals surface area contributed by atoms with Crippen LogP contribution in [0.4, 0.5) is 0 Å². The molecule has 70 valence electrons. The summed E-state index contributed by atoms with van der Waals surface area (Å²) in [6.45, 7) is 3.86. The molecular weight excluding hydrogens is 162 g/mol. The Morgan fingerprint density at radius 1 is 1.46 bits per heavy atom. The molecule has 0 amide bonds. The van der Waals surface area contributed by atoms with Gasteiger partial charge in [-0.1, -0.05) is 30.3 Å². The van der Waals surface area contributed by atoms with Gasteiger partial charge in [-0.05, 0) is 12.5 Å². The first kappa shape index (κ1) is 8.73. The van der Waals surface area contributed by atoms with Crippen molar-refractivity contribution >= 4 is 0 Å². The molecule has 1 N–H and O–H groups in total. The zero-order chi connectivity index (χ0) is 9.26. The second-order valence-corrected chi connectivity index (χ2v) is 3.72. The molecule has 2 nitrogen and oxygen atoms in total. The first-order chi connectivity index (χ1) is 6.27. The average molecular weight is 177 g/mol. The highest BCUT2D eigenvalue weighted by Crippen LogP contribution is 2.23. The Labute approximate surface area is 78.8 Å². The smallest absolute Gasteiger partial charge is 0.0679 e. The summed E-state index contributed by atoms with van der Waals surface area (Å²) in [5.41, 5.74) is 1.32. The Morgan fingerprint density at radius 2 is 2.15 bits per heavy atom. The van der Waals surface area contributed by atoms with Crippen molar-refractivity contribution in [1.29, 1.82) is 0 Å². The third-order valence-electron chi connectivity index (χ3n) is 2.54. The number of aliphatic hydroxyl groups excluding tert-OH is 1. The largest absolute Gasteiger partial charge is 0.392 e. The second kappa shape index (κ2) is 3.48. The number of benzene rings is 1. The van der Waals surface area contributed by atoms with Crippen LogP contribution in [0.1, 0.15) is 12.5 Å². The van der Waals surface area contributed by atoms with Crippen molar-refractivity contribution in [2.75, 3.05) is 6.54 Å². The van der Waals surface area contributed by atoms with Crippen LogP contribution >= 0.6 is 0 Å². The lowest BCUT2D eigenvalue weighted by atomic mass is 10.2. The summed E-state index contributed by atoms with van der Waals surface area (Å²) in [5.74, 6) is 0. The van der Waals surface area contributed by atoms with Crippen LogP contribution in [0.25, 0.3) is 0 Å². The fourth-order valence-electron chi connectivity index (χ4n) is 1.65. The van der Waals surface area contributed by atoms with Gasteiger partial charge in [-0.3, -0.25) is 4.90 Å². The minimum absolute atomic E-state index is 0.191. The zero-order valence-corrected chi connectivity index (χ0v) is 7.85. The van der Waals surface area contributed by atoms with Crippen molar-refractivity contribution in [2.24, 2.45) is 0 Å². The third-order valence-corrected chi connectivity index (χ3v) is 2.54. The maximum Gasteiger partial charge on any atom is 0.0679 e. The van der Waals surface area contributed by atoms with Gasteiger partial charge in [0.25, 0.3) is 0 Å². The van der Waals surface area contributed by atoms with Crippen molar-refractivity contribution < 1.29 is 5.11 Å². The summed E-state index contributed by atoms with van der Waals surface area (Å²) in [6.07, 6.45) is -0.191. The van der Waals surface area contributed by atoms with Gasteiger partial charge in [-0.25, -0.2) is 0 Å². The fourth-order valence-corrected chi connectivity index (χ4v) is 1.65. The second-order valence-electron chi connectivity index (χ2n) is 3.72. The molecule has 0 spiro atoms. The van der Waals surface area contributed by atoms with Crippen molar-refractivity contribution in [2.45, 2.75) is 25.6 Å². The molecule has 1 aliphatic rings. The Kier molecular flexibility index (Phi) is 2.34. The van der Waals surface area contributed by atoms with Crippen molar-refractivity contribution in [3.63, 3.8) is 0 Å². The highest BCUT2D eigenvalue weighted by molar-refractivity contribution is 5.16. The molecule has 1 saturated heterocycles. The number of hydrogen-bond donors (Lipinski definition) is 1. The van der Waals surface area contributed by atoms with Crippen LogP contribution in [0.15, 0.2) is 30.3 Å². The lowest BCUT2D eigenvalue weighted by Gasteiger charge is -2.05. The van der Waals surface area contributed by atoms with Crippen LogP contribution in [-0.4, -0.2) is 28.7 Å². The molecule has 1 fully saturated rings. The molecule has 1 aliphatic heterocycles. The molecule has 1 aromatic carbocycles. The van der Waals surface area contributed by atoms with E-state index >= 15 is 0 Å². The molecule has 13 heavy (non-hydrogen) atoms. The average Bonchev–Trinajstić information content (AvgIpc) is 2.86. The molecule has 1 heterocycles. The van der Waals surface area contributed by atoms with Gasteiger partial charge in [-0.15, -0.1) is 0 Å². The van der Waals surface area contributed by atoms with Crippen LogP contribution in [0, 0.1) is 0 Å². The van der Waals surface area contributed by atoms with Crippen molar-refractivity contribution in [3.8, 4) is 0 Å². The molecule has 0 aromatic heterocycles. The molecule has 0 radical (unpaired) electrons. The van der Waals surface area contributed by atoms with Gasteiger partial charge in [-0.2, -0.15) is 0 Å². The van der Waals surface area contributed by atoms with Crippen LogP contribution < -0.4 is 0 Å². The van der Waals surface area contributed by atoms with E-state index in [0.29, 0.717) is 6.04 Å². The molecule has 3 atom stereocenters. The molecule has 0 saturated carbocycles. The van der Waals surface area contributed by atoms with E-state index in [-0.39, 0.29) is 6.10 Å². The summed E-state index contributed by atoms with van der Waals surface area (Å²) in [7, 11) is 0. The van der Waals surface area contributed by atoms with E-state index < -0.39 is 0 Å². The first-order valence-electron chi connectivity index (χ1n) is 4.73. The predicted octanol–water partition coefficient (Wildman–Crippen LogP) is 1.25. The van der Waals surface area contributed by atoms with E-state index in [1.165, 1.54) is 5.56 Å². The number of aliphatic hydroxyl groups is 1. The summed E-state index contributed by atoms with van der Waals surface area (Å²) in [5, 5.41) is 9.30. The SMILES string of the molecule is C[C@@H](O)[C@@H]1CN1Cc1ccccc1. The van der Waals surface area contributed by atoms with Crippen LogP contribution in [0.5, 0.6) is 0 Å². The van der Waals surface area contributed by atoms with Crippen molar-refractivity contribution in [3.05, 3.63) is 35.9 Å². The maximum absolute atomic E-state index is 9.30. The molecule has 0 aliphatic carbocycles. The Morgan fingerprint density at radius 3 is 2.69 bits per heavy atom. The third kappa shape index (κ3) is 2.08. The van der Waals surface area contributed by atoms with Crippen molar-refractivity contribution in [1.82, 2.24) is 4.90 Å². The lowest BCUT2D eigenvalue weighted by Crippen LogP contribution is -2.14. The summed E-state index contributed by atoms with van der Waals surface area (Å²) >= 11 is 0.